The summed E-state index contributed by atoms with van der Waals surface area (Å²) in [5.41, 5.74) is 3.17. The summed E-state index contributed by atoms with van der Waals surface area (Å²) in [6.45, 7) is 5.08. The Kier molecular flexibility index (Phi) is 5.15. The molecule has 5 heteroatoms. The number of nitrogens with one attached hydrogen (secondary N) is 1. The molecular weight excluding hydrogens is 272 g/mol. The second-order valence-corrected chi connectivity index (χ2v) is 5.34. The van der Waals surface area contributed by atoms with Gasteiger partial charge in [0.05, 0.1) is 16.4 Å². The van der Waals surface area contributed by atoms with Crippen LogP contribution < -0.4 is 5.32 Å². The maximum Gasteiger partial charge on any atom is 0.0847 e. The highest BCUT2D eigenvalue weighted by molar-refractivity contribution is 6.31. The molecule has 0 bridgehead atoms. The van der Waals surface area contributed by atoms with E-state index in [9.17, 15) is 0 Å². The predicted octanol–water partition coefficient (Wildman–Crippen LogP) is 3.06. The van der Waals surface area contributed by atoms with E-state index in [0.717, 1.165) is 35.8 Å². The van der Waals surface area contributed by atoms with E-state index in [1.54, 1.807) is 0 Å². The number of hydrogen-bond acceptors (Lipinski definition) is 3. The predicted molar refractivity (Wildman–Crippen MR) is 81.9 cm³/mol. The highest BCUT2D eigenvalue weighted by atomic mass is 35.5. The quantitative estimate of drug-likeness (QED) is 0.890. The summed E-state index contributed by atoms with van der Waals surface area (Å²) in [5.74, 6) is 0. The van der Waals surface area contributed by atoms with E-state index in [2.05, 4.69) is 22.3 Å². The standard InChI is InChI=1S/C15H21ClN4/c1-4-7-18-13(12-5-8-17-9-6-12)10-14-15(16)11(2)19-20(14)3/h5-6,8-9,13,18H,4,7,10H2,1-3H3. The lowest BCUT2D eigenvalue weighted by atomic mass is 10.0. The molecule has 0 aliphatic carbocycles. The topological polar surface area (TPSA) is 42.7 Å². The van der Waals surface area contributed by atoms with E-state index in [-0.39, 0.29) is 6.04 Å². The summed E-state index contributed by atoms with van der Waals surface area (Å²) in [7, 11) is 1.94. The van der Waals surface area contributed by atoms with Crippen LogP contribution in [0.25, 0.3) is 0 Å². The second-order valence-electron chi connectivity index (χ2n) is 4.96. The Morgan fingerprint density at radius 3 is 2.60 bits per heavy atom. The minimum atomic E-state index is 0.227. The minimum absolute atomic E-state index is 0.227. The molecule has 0 fully saturated rings. The highest BCUT2D eigenvalue weighted by Crippen LogP contribution is 2.25. The third-order valence-corrected chi connectivity index (χ3v) is 3.90. The molecule has 0 amide bonds. The molecule has 2 rings (SSSR count). The molecule has 0 aliphatic heterocycles. The number of rotatable bonds is 6. The molecule has 0 saturated heterocycles. The molecule has 1 atom stereocenters. The first-order chi connectivity index (χ1) is 9.63. The van der Waals surface area contributed by atoms with Crippen molar-refractivity contribution in [3.05, 3.63) is 46.5 Å². The van der Waals surface area contributed by atoms with E-state index in [1.807, 2.05) is 43.2 Å². The zero-order chi connectivity index (χ0) is 14.5. The van der Waals surface area contributed by atoms with Crippen LogP contribution in [0.15, 0.2) is 24.5 Å². The summed E-state index contributed by atoms with van der Waals surface area (Å²) in [6.07, 6.45) is 5.57. The van der Waals surface area contributed by atoms with Gasteiger partial charge in [-0.3, -0.25) is 9.67 Å². The van der Waals surface area contributed by atoms with E-state index < -0.39 is 0 Å². The van der Waals surface area contributed by atoms with Crippen LogP contribution in [0.1, 0.15) is 36.3 Å². The summed E-state index contributed by atoms with van der Waals surface area (Å²) >= 11 is 6.36. The lowest BCUT2D eigenvalue weighted by molar-refractivity contribution is 0.512. The van der Waals surface area contributed by atoms with Crippen LogP contribution in [-0.2, 0) is 13.5 Å². The molecule has 0 aliphatic rings. The largest absolute Gasteiger partial charge is 0.310 e. The fraction of sp³-hybridized carbons (Fsp3) is 0.467. The Balaban J connectivity index is 2.24. The molecule has 2 heterocycles. The van der Waals surface area contributed by atoms with Crippen molar-refractivity contribution in [1.82, 2.24) is 20.1 Å². The maximum atomic E-state index is 6.36. The lowest BCUT2D eigenvalue weighted by Gasteiger charge is -2.19. The van der Waals surface area contributed by atoms with Crippen molar-refractivity contribution in [2.24, 2.45) is 7.05 Å². The lowest BCUT2D eigenvalue weighted by Crippen LogP contribution is -2.25. The molecular formula is C15H21ClN4. The SMILES string of the molecule is CCCNC(Cc1c(Cl)c(C)nn1C)c1ccncc1. The first-order valence-electron chi connectivity index (χ1n) is 6.94. The van der Waals surface area contributed by atoms with Gasteiger partial charge in [0.15, 0.2) is 0 Å². The number of hydrogen-bond donors (Lipinski definition) is 1. The Morgan fingerprint density at radius 2 is 2.05 bits per heavy atom. The van der Waals surface area contributed by atoms with Crippen LogP contribution in [0.4, 0.5) is 0 Å². The molecule has 0 radical (unpaired) electrons. The third-order valence-electron chi connectivity index (χ3n) is 3.41. The van der Waals surface area contributed by atoms with Crippen molar-refractivity contribution in [3.63, 3.8) is 0 Å². The molecule has 108 valence electrons. The van der Waals surface area contributed by atoms with Gasteiger partial charge in [-0.15, -0.1) is 0 Å². The summed E-state index contributed by atoms with van der Waals surface area (Å²) in [6, 6.07) is 4.32. The molecule has 0 spiro atoms. The van der Waals surface area contributed by atoms with Gasteiger partial charge < -0.3 is 5.32 Å². The zero-order valence-corrected chi connectivity index (χ0v) is 13.0. The molecule has 0 aromatic carbocycles. The van der Waals surface area contributed by atoms with Gasteiger partial charge in [0.2, 0.25) is 0 Å². The zero-order valence-electron chi connectivity index (χ0n) is 12.2. The van der Waals surface area contributed by atoms with Crippen LogP contribution in [-0.4, -0.2) is 21.3 Å². The van der Waals surface area contributed by atoms with Gasteiger partial charge in [-0.1, -0.05) is 18.5 Å². The van der Waals surface area contributed by atoms with Gasteiger partial charge in [0.1, 0.15) is 0 Å². The van der Waals surface area contributed by atoms with Crippen LogP contribution in [0.3, 0.4) is 0 Å². The summed E-state index contributed by atoms with van der Waals surface area (Å²) in [4.78, 5) is 4.08. The smallest absolute Gasteiger partial charge is 0.0847 e. The molecule has 1 N–H and O–H groups in total. The average Bonchev–Trinajstić information content (AvgIpc) is 2.70. The molecule has 0 saturated carbocycles. The molecule has 4 nitrogen and oxygen atoms in total. The number of aryl methyl sites for hydroxylation is 2. The maximum absolute atomic E-state index is 6.36. The molecule has 1 unspecified atom stereocenters. The minimum Gasteiger partial charge on any atom is -0.310 e. The first kappa shape index (κ1) is 15.0. The fourth-order valence-corrected chi connectivity index (χ4v) is 2.55. The summed E-state index contributed by atoms with van der Waals surface area (Å²) in [5, 5.41) is 8.72. The van der Waals surface area contributed by atoms with Gasteiger partial charge in [-0.25, -0.2) is 0 Å². The van der Waals surface area contributed by atoms with Crippen LogP contribution >= 0.6 is 11.6 Å². The Hall–Kier alpha value is -1.39. The normalized spacial score (nSPS) is 12.6. The van der Waals surface area contributed by atoms with E-state index in [1.165, 1.54) is 5.56 Å². The van der Waals surface area contributed by atoms with Crippen molar-refractivity contribution in [3.8, 4) is 0 Å². The van der Waals surface area contributed by atoms with Gasteiger partial charge in [-0.05, 0) is 37.6 Å². The Morgan fingerprint density at radius 1 is 1.35 bits per heavy atom. The van der Waals surface area contributed by atoms with Gasteiger partial charge in [0.25, 0.3) is 0 Å². The van der Waals surface area contributed by atoms with E-state index in [4.69, 9.17) is 11.6 Å². The molecule has 2 aromatic heterocycles. The van der Waals surface area contributed by atoms with Crippen molar-refractivity contribution >= 4 is 11.6 Å². The Labute approximate surface area is 125 Å². The van der Waals surface area contributed by atoms with Gasteiger partial charge in [0, 0.05) is 31.9 Å². The van der Waals surface area contributed by atoms with E-state index >= 15 is 0 Å². The number of pyridine rings is 1. The van der Waals surface area contributed by atoms with Crippen LogP contribution in [0, 0.1) is 6.92 Å². The van der Waals surface area contributed by atoms with Crippen LogP contribution in [0.5, 0.6) is 0 Å². The average molecular weight is 293 g/mol. The van der Waals surface area contributed by atoms with Crippen molar-refractivity contribution in [1.29, 1.82) is 0 Å². The van der Waals surface area contributed by atoms with Crippen molar-refractivity contribution < 1.29 is 0 Å². The van der Waals surface area contributed by atoms with Crippen LogP contribution in [0.2, 0.25) is 5.02 Å². The number of nitrogens with zero attached hydrogens (tertiary/aromatic N) is 3. The second kappa shape index (κ2) is 6.86. The van der Waals surface area contributed by atoms with Crippen molar-refractivity contribution in [2.75, 3.05) is 6.54 Å². The number of halogens is 1. The molecule has 2 aromatic rings. The third kappa shape index (κ3) is 3.38. The number of aromatic nitrogens is 3. The van der Waals surface area contributed by atoms with E-state index in [0.29, 0.717) is 0 Å². The first-order valence-corrected chi connectivity index (χ1v) is 7.32. The monoisotopic (exact) mass is 292 g/mol. The van der Waals surface area contributed by atoms with Crippen molar-refractivity contribution in [2.45, 2.75) is 32.7 Å². The van der Waals surface area contributed by atoms with Gasteiger partial charge in [-0.2, -0.15) is 5.10 Å². The summed E-state index contributed by atoms with van der Waals surface area (Å²) < 4.78 is 1.87. The highest BCUT2D eigenvalue weighted by Gasteiger charge is 2.18. The fourth-order valence-electron chi connectivity index (χ4n) is 2.32. The Bertz CT molecular complexity index is 551. The van der Waals surface area contributed by atoms with Gasteiger partial charge >= 0.3 is 0 Å². The molecule has 20 heavy (non-hydrogen) atoms.